The highest BCUT2D eigenvalue weighted by atomic mass is 16.5. The fraction of sp³-hybridized carbons (Fsp3) is 0.438. The van der Waals surface area contributed by atoms with Crippen molar-refractivity contribution in [1.82, 2.24) is 0 Å². The van der Waals surface area contributed by atoms with Gasteiger partial charge in [-0.15, -0.1) is 0 Å². The van der Waals surface area contributed by atoms with Gasteiger partial charge in [-0.25, -0.2) is 0 Å². The molecule has 0 aliphatic rings. The Morgan fingerprint density at radius 1 is 1.14 bits per heavy atom. The summed E-state index contributed by atoms with van der Waals surface area (Å²) in [5, 5.41) is 9.06. The third-order valence-corrected chi connectivity index (χ3v) is 2.85. The van der Waals surface area contributed by atoms with E-state index in [9.17, 15) is 9.59 Å². The Hall–Kier alpha value is -2.35. The SMILES string of the molecule is CCOC(=O)CCc1ccc(C#N)c(CC(=O)OCC)c1. The van der Waals surface area contributed by atoms with Crippen LogP contribution in [0.3, 0.4) is 0 Å². The van der Waals surface area contributed by atoms with Crippen molar-refractivity contribution >= 4 is 11.9 Å². The second-order valence-electron chi connectivity index (χ2n) is 4.39. The van der Waals surface area contributed by atoms with Gasteiger partial charge in [0.1, 0.15) is 0 Å². The number of esters is 2. The van der Waals surface area contributed by atoms with Crippen LogP contribution in [0.5, 0.6) is 0 Å². The zero-order valence-electron chi connectivity index (χ0n) is 12.3. The summed E-state index contributed by atoms with van der Waals surface area (Å²) in [5.74, 6) is -0.620. The maximum Gasteiger partial charge on any atom is 0.310 e. The smallest absolute Gasteiger partial charge is 0.310 e. The molecule has 21 heavy (non-hydrogen) atoms. The molecule has 0 heterocycles. The van der Waals surface area contributed by atoms with Crippen LogP contribution in [0, 0.1) is 11.3 Å². The zero-order valence-corrected chi connectivity index (χ0v) is 12.3. The van der Waals surface area contributed by atoms with Gasteiger partial charge in [0.2, 0.25) is 0 Å². The van der Waals surface area contributed by atoms with Gasteiger partial charge in [0, 0.05) is 6.42 Å². The van der Waals surface area contributed by atoms with Gasteiger partial charge in [-0.2, -0.15) is 5.26 Å². The number of benzene rings is 1. The molecular weight excluding hydrogens is 270 g/mol. The lowest BCUT2D eigenvalue weighted by molar-refractivity contribution is -0.143. The largest absolute Gasteiger partial charge is 0.466 e. The van der Waals surface area contributed by atoms with Crippen LogP contribution in [0.1, 0.15) is 37.0 Å². The highest BCUT2D eigenvalue weighted by molar-refractivity contribution is 5.74. The van der Waals surface area contributed by atoms with E-state index in [0.717, 1.165) is 5.56 Å². The van der Waals surface area contributed by atoms with Gasteiger partial charge in [0.15, 0.2) is 0 Å². The number of aryl methyl sites for hydroxylation is 1. The summed E-state index contributed by atoms with van der Waals surface area (Å²) < 4.78 is 9.76. The van der Waals surface area contributed by atoms with E-state index < -0.39 is 0 Å². The molecular formula is C16H19NO4. The minimum atomic E-state index is -0.364. The van der Waals surface area contributed by atoms with Crippen molar-refractivity contribution < 1.29 is 19.1 Å². The number of hydrogen-bond donors (Lipinski definition) is 0. The Labute approximate surface area is 124 Å². The first-order valence-electron chi connectivity index (χ1n) is 6.93. The normalized spacial score (nSPS) is 9.76. The molecule has 0 radical (unpaired) electrons. The van der Waals surface area contributed by atoms with Crippen molar-refractivity contribution in [2.24, 2.45) is 0 Å². The Kier molecular flexibility index (Phi) is 6.96. The molecule has 5 nitrogen and oxygen atoms in total. The highest BCUT2D eigenvalue weighted by Gasteiger charge is 2.11. The molecule has 5 heteroatoms. The summed E-state index contributed by atoms with van der Waals surface area (Å²) in [6, 6.07) is 7.27. The van der Waals surface area contributed by atoms with Crippen LogP contribution in [0.25, 0.3) is 0 Å². The van der Waals surface area contributed by atoms with Crippen molar-refractivity contribution in [3.05, 3.63) is 34.9 Å². The van der Waals surface area contributed by atoms with Gasteiger partial charge >= 0.3 is 11.9 Å². The predicted molar refractivity (Wildman–Crippen MR) is 76.4 cm³/mol. The van der Waals surface area contributed by atoms with Gasteiger partial charge < -0.3 is 9.47 Å². The Bertz CT molecular complexity index is 546. The molecule has 0 amide bonds. The van der Waals surface area contributed by atoms with E-state index in [1.807, 2.05) is 0 Å². The maximum absolute atomic E-state index is 11.5. The predicted octanol–water partition coefficient (Wildman–Crippen LogP) is 2.16. The summed E-state index contributed by atoms with van der Waals surface area (Å²) >= 11 is 0. The van der Waals surface area contributed by atoms with Crippen molar-refractivity contribution in [2.45, 2.75) is 33.1 Å². The molecule has 0 bridgehead atoms. The minimum Gasteiger partial charge on any atom is -0.466 e. The minimum absolute atomic E-state index is 0.0595. The summed E-state index contributed by atoms with van der Waals surface area (Å²) in [5.41, 5.74) is 1.96. The van der Waals surface area contributed by atoms with Gasteiger partial charge in [0.05, 0.1) is 31.3 Å². The third-order valence-electron chi connectivity index (χ3n) is 2.85. The summed E-state index contributed by atoms with van der Waals surface area (Å²) in [4.78, 5) is 22.9. The molecule has 0 N–H and O–H groups in total. The van der Waals surface area contributed by atoms with Crippen molar-refractivity contribution in [3.63, 3.8) is 0 Å². The monoisotopic (exact) mass is 289 g/mol. The number of rotatable bonds is 7. The zero-order chi connectivity index (χ0) is 15.7. The van der Waals surface area contributed by atoms with Crippen LogP contribution in [0.15, 0.2) is 18.2 Å². The number of carbonyl (C=O) groups excluding carboxylic acids is 2. The lowest BCUT2D eigenvalue weighted by Gasteiger charge is -2.07. The van der Waals surface area contributed by atoms with Crippen molar-refractivity contribution in [1.29, 1.82) is 5.26 Å². The van der Waals surface area contributed by atoms with E-state index in [1.165, 1.54) is 0 Å². The van der Waals surface area contributed by atoms with Crippen LogP contribution in [-0.2, 0) is 31.9 Å². The van der Waals surface area contributed by atoms with Crippen molar-refractivity contribution in [3.8, 4) is 6.07 Å². The lowest BCUT2D eigenvalue weighted by atomic mass is 9.99. The second kappa shape index (κ2) is 8.75. The quantitative estimate of drug-likeness (QED) is 0.719. The fourth-order valence-electron chi connectivity index (χ4n) is 1.90. The molecule has 0 aliphatic heterocycles. The Morgan fingerprint density at radius 2 is 1.81 bits per heavy atom. The molecule has 0 saturated carbocycles. The van der Waals surface area contributed by atoms with Crippen LogP contribution in [-0.4, -0.2) is 25.2 Å². The Balaban J connectivity index is 2.77. The van der Waals surface area contributed by atoms with Gasteiger partial charge in [-0.1, -0.05) is 12.1 Å². The van der Waals surface area contributed by atoms with Gasteiger partial charge in [-0.05, 0) is 37.5 Å². The molecule has 0 spiro atoms. The fourth-order valence-corrected chi connectivity index (χ4v) is 1.90. The summed E-state index contributed by atoms with van der Waals surface area (Å²) in [6.45, 7) is 4.17. The van der Waals surface area contributed by atoms with E-state index >= 15 is 0 Å². The van der Waals surface area contributed by atoms with Gasteiger partial charge in [0.25, 0.3) is 0 Å². The standard InChI is InChI=1S/C16H19NO4/c1-3-20-15(18)8-6-12-5-7-13(11-17)14(9-12)10-16(19)21-4-2/h5,7,9H,3-4,6,8,10H2,1-2H3. The van der Waals surface area contributed by atoms with Crippen LogP contribution < -0.4 is 0 Å². The summed E-state index contributed by atoms with van der Waals surface area (Å²) in [6.07, 6.45) is 0.850. The molecule has 0 fully saturated rings. The molecule has 0 aromatic heterocycles. The van der Waals surface area contributed by atoms with Crippen LogP contribution >= 0.6 is 0 Å². The number of ether oxygens (including phenoxy) is 2. The van der Waals surface area contributed by atoms with E-state index in [0.29, 0.717) is 30.8 Å². The maximum atomic E-state index is 11.5. The third kappa shape index (κ3) is 5.65. The molecule has 0 atom stereocenters. The molecule has 112 valence electrons. The second-order valence-corrected chi connectivity index (χ2v) is 4.39. The highest BCUT2D eigenvalue weighted by Crippen LogP contribution is 2.14. The molecule has 1 aromatic carbocycles. The molecule has 0 saturated heterocycles. The first-order chi connectivity index (χ1) is 10.1. The topological polar surface area (TPSA) is 76.4 Å². The molecule has 0 unspecified atom stereocenters. The van der Waals surface area contributed by atoms with E-state index in [1.54, 1.807) is 32.0 Å². The van der Waals surface area contributed by atoms with E-state index in [-0.39, 0.29) is 24.8 Å². The number of nitriles is 1. The Morgan fingerprint density at radius 3 is 2.43 bits per heavy atom. The number of hydrogen-bond acceptors (Lipinski definition) is 5. The van der Waals surface area contributed by atoms with Crippen LogP contribution in [0.2, 0.25) is 0 Å². The molecule has 1 aromatic rings. The van der Waals surface area contributed by atoms with Crippen LogP contribution in [0.4, 0.5) is 0 Å². The molecule has 0 aliphatic carbocycles. The first kappa shape index (κ1) is 16.7. The summed E-state index contributed by atoms with van der Waals surface area (Å²) in [7, 11) is 0. The first-order valence-corrected chi connectivity index (χ1v) is 6.93. The van der Waals surface area contributed by atoms with E-state index in [2.05, 4.69) is 6.07 Å². The molecule has 1 rings (SSSR count). The van der Waals surface area contributed by atoms with Gasteiger partial charge in [-0.3, -0.25) is 9.59 Å². The van der Waals surface area contributed by atoms with E-state index in [4.69, 9.17) is 14.7 Å². The number of nitrogens with zero attached hydrogens (tertiary/aromatic N) is 1. The number of carbonyl (C=O) groups is 2. The van der Waals surface area contributed by atoms with Crippen molar-refractivity contribution in [2.75, 3.05) is 13.2 Å². The average molecular weight is 289 g/mol. The lowest BCUT2D eigenvalue weighted by Crippen LogP contribution is -2.09. The average Bonchev–Trinajstić information content (AvgIpc) is 2.46.